The standard InChI is InChI=1S/C10H11BrF3NO2S/c1-2-15(4-3-11)18(16,17)10-8(13)5-7(12)6-9(10)14/h5-6H,2-4H2,1H3. The third-order valence-corrected chi connectivity index (χ3v) is 4.63. The van der Waals surface area contributed by atoms with Crippen molar-refractivity contribution in [1.82, 2.24) is 4.31 Å². The molecule has 0 aliphatic carbocycles. The minimum atomic E-state index is -4.30. The summed E-state index contributed by atoms with van der Waals surface area (Å²) < 4.78 is 64.5. The summed E-state index contributed by atoms with van der Waals surface area (Å²) in [6.07, 6.45) is 0. The van der Waals surface area contributed by atoms with Crippen molar-refractivity contribution < 1.29 is 21.6 Å². The van der Waals surface area contributed by atoms with E-state index < -0.39 is 32.4 Å². The van der Waals surface area contributed by atoms with E-state index in [0.29, 0.717) is 17.5 Å². The third-order valence-electron chi connectivity index (χ3n) is 2.25. The molecule has 0 unspecified atom stereocenters. The molecule has 0 saturated carbocycles. The lowest BCUT2D eigenvalue weighted by Crippen LogP contribution is -2.33. The molecule has 0 fully saturated rings. The first-order chi connectivity index (χ1) is 8.34. The first kappa shape index (κ1) is 15.5. The van der Waals surface area contributed by atoms with Crippen LogP contribution in [0, 0.1) is 17.5 Å². The van der Waals surface area contributed by atoms with Crippen LogP contribution < -0.4 is 0 Å². The fourth-order valence-corrected chi connectivity index (χ4v) is 3.65. The molecule has 18 heavy (non-hydrogen) atoms. The Morgan fingerprint density at radius 1 is 1.22 bits per heavy atom. The molecule has 0 saturated heterocycles. The number of nitrogens with zero attached hydrogens (tertiary/aromatic N) is 1. The van der Waals surface area contributed by atoms with E-state index in [4.69, 9.17) is 0 Å². The fraction of sp³-hybridized carbons (Fsp3) is 0.400. The second-order valence-corrected chi connectivity index (χ2v) is 6.05. The Hall–Kier alpha value is -0.600. The number of alkyl halides is 1. The number of rotatable bonds is 5. The topological polar surface area (TPSA) is 37.4 Å². The Morgan fingerprint density at radius 3 is 2.11 bits per heavy atom. The molecule has 0 heterocycles. The van der Waals surface area contributed by atoms with Crippen molar-refractivity contribution in [3.63, 3.8) is 0 Å². The first-order valence-electron chi connectivity index (χ1n) is 5.05. The van der Waals surface area contributed by atoms with Gasteiger partial charge in [-0.25, -0.2) is 21.6 Å². The van der Waals surface area contributed by atoms with E-state index in [0.717, 1.165) is 4.31 Å². The molecule has 1 aromatic carbocycles. The summed E-state index contributed by atoms with van der Waals surface area (Å²) >= 11 is 3.05. The average Bonchev–Trinajstić information content (AvgIpc) is 2.23. The molecule has 0 amide bonds. The predicted molar refractivity (Wildman–Crippen MR) is 64.5 cm³/mol. The summed E-state index contributed by atoms with van der Waals surface area (Å²) in [5.41, 5.74) is 0. The number of sulfonamides is 1. The van der Waals surface area contributed by atoms with Crippen LogP contribution in [-0.2, 0) is 10.0 Å². The molecule has 1 rings (SSSR count). The number of benzene rings is 1. The van der Waals surface area contributed by atoms with Crippen LogP contribution in [0.5, 0.6) is 0 Å². The zero-order valence-electron chi connectivity index (χ0n) is 9.46. The maximum absolute atomic E-state index is 13.4. The number of halogens is 4. The lowest BCUT2D eigenvalue weighted by Gasteiger charge is -2.20. The highest BCUT2D eigenvalue weighted by Gasteiger charge is 2.30. The summed E-state index contributed by atoms with van der Waals surface area (Å²) in [7, 11) is -4.30. The molecule has 0 radical (unpaired) electrons. The van der Waals surface area contributed by atoms with Gasteiger partial charge in [-0.15, -0.1) is 0 Å². The van der Waals surface area contributed by atoms with E-state index in [-0.39, 0.29) is 13.1 Å². The minimum Gasteiger partial charge on any atom is -0.207 e. The smallest absolute Gasteiger partial charge is 0.207 e. The molecule has 8 heteroatoms. The molecule has 0 aliphatic heterocycles. The highest BCUT2D eigenvalue weighted by Crippen LogP contribution is 2.23. The predicted octanol–water partition coefficient (Wildman–Crippen LogP) is 2.51. The summed E-state index contributed by atoms with van der Waals surface area (Å²) in [5.74, 6) is -4.02. The van der Waals surface area contributed by atoms with Gasteiger partial charge in [0.05, 0.1) is 0 Å². The second-order valence-electron chi connectivity index (χ2n) is 3.38. The van der Waals surface area contributed by atoms with Crippen LogP contribution in [0.25, 0.3) is 0 Å². The van der Waals surface area contributed by atoms with Gasteiger partial charge in [-0.1, -0.05) is 22.9 Å². The average molecular weight is 346 g/mol. The third kappa shape index (κ3) is 3.04. The molecule has 0 N–H and O–H groups in total. The molecule has 0 aromatic heterocycles. The monoisotopic (exact) mass is 345 g/mol. The van der Waals surface area contributed by atoms with Gasteiger partial charge in [-0.05, 0) is 0 Å². The SMILES string of the molecule is CCN(CCBr)S(=O)(=O)c1c(F)cc(F)cc1F. The molecule has 0 spiro atoms. The van der Waals surface area contributed by atoms with Gasteiger partial charge in [0.15, 0.2) is 4.90 Å². The van der Waals surface area contributed by atoms with Crippen molar-refractivity contribution in [1.29, 1.82) is 0 Å². The molecular weight excluding hydrogens is 335 g/mol. The van der Waals surface area contributed by atoms with Crippen molar-refractivity contribution in [2.75, 3.05) is 18.4 Å². The molecule has 0 bridgehead atoms. The van der Waals surface area contributed by atoms with Gasteiger partial charge in [-0.2, -0.15) is 4.31 Å². The normalized spacial score (nSPS) is 12.1. The molecule has 0 aliphatic rings. The van der Waals surface area contributed by atoms with E-state index in [1.807, 2.05) is 0 Å². The van der Waals surface area contributed by atoms with Crippen LogP contribution >= 0.6 is 15.9 Å². The molecule has 1 aromatic rings. The minimum absolute atomic E-state index is 0.0597. The number of hydrogen-bond donors (Lipinski definition) is 0. The van der Waals surface area contributed by atoms with E-state index in [2.05, 4.69) is 15.9 Å². The Bertz CT molecular complexity index is 513. The Morgan fingerprint density at radius 2 is 1.72 bits per heavy atom. The van der Waals surface area contributed by atoms with Crippen molar-refractivity contribution in [3.8, 4) is 0 Å². The Balaban J connectivity index is 3.36. The molecular formula is C10H11BrF3NO2S. The van der Waals surface area contributed by atoms with Crippen LogP contribution in [0.15, 0.2) is 17.0 Å². The van der Waals surface area contributed by atoms with Gasteiger partial charge in [0.1, 0.15) is 17.5 Å². The summed E-state index contributed by atoms with van der Waals surface area (Å²) in [6, 6.07) is 0.690. The highest BCUT2D eigenvalue weighted by molar-refractivity contribution is 9.09. The van der Waals surface area contributed by atoms with Crippen LogP contribution in [0.3, 0.4) is 0 Å². The molecule has 3 nitrogen and oxygen atoms in total. The van der Waals surface area contributed by atoms with E-state index in [1.54, 1.807) is 6.92 Å². The highest BCUT2D eigenvalue weighted by atomic mass is 79.9. The zero-order chi connectivity index (χ0) is 13.9. The lowest BCUT2D eigenvalue weighted by atomic mass is 10.3. The Kier molecular flexibility index (Phi) is 5.18. The van der Waals surface area contributed by atoms with E-state index >= 15 is 0 Å². The number of hydrogen-bond acceptors (Lipinski definition) is 2. The Labute approximate surface area is 112 Å². The van der Waals surface area contributed by atoms with Crippen LogP contribution in [0.2, 0.25) is 0 Å². The van der Waals surface area contributed by atoms with Gasteiger partial charge < -0.3 is 0 Å². The van der Waals surface area contributed by atoms with Crippen LogP contribution in [0.4, 0.5) is 13.2 Å². The largest absolute Gasteiger partial charge is 0.248 e. The zero-order valence-corrected chi connectivity index (χ0v) is 11.9. The maximum atomic E-state index is 13.4. The van der Waals surface area contributed by atoms with Crippen molar-refractivity contribution in [2.45, 2.75) is 11.8 Å². The van der Waals surface area contributed by atoms with Gasteiger partial charge in [-0.3, -0.25) is 0 Å². The van der Waals surface area contributed by atoms with E-state index in [1.165, 1.54) is 0 Å². The summed E-state index contributed by atoms with van der Waals surface area (Å²) in [5, 5.41) is 0.324. The fourth-order valence-electron chi connectivity index (χ4n) is 1.45. The second kappa shape index (κ2) is 6.03. The van der Waals surface area contributed by atoms with Crippen LogP contribution in [-0.4, -0.2) is 31.1 Å². The molecule has 0 atom stereocenters. The van der Waals surface area contributed by atoms with Crippen molar-refractivity contribution in [3.05, 3.63) is 29.6 Å². The van der Waals surface area contributed by atoms with Crippen LogP contribution in [0.1, 0.15) is 6.92 Å². The van der Waals surface area contributed by atoms with Gasteiger partial charge in [0.25, 0.3) is 0 Å². The van der Waals surface area contributed by atoms with Gasteiger partial charge in [0, 0.05) is 30.6 Å². The molecule has 102 valence electrons. The van der Waals surface area contributed by atoms with E-state index in [9.17, 15) is 21.6 Å². The maximum Gasteiger partial charge on any atom is 0.248 e. The van der Waals surface area contributed by atoms with Gasteiger partial charge in [0.2, 0.25) is 10.0 Å². The van der Waals surface area contributed by atoms with Crippen molar-refractivity contribution >= 4 is 26.0 Å². The first-order valence-corrected chi connectivity index (χ1v) is 7.61. The quantitative estimate of drug-likeness (QED) is 0.769. The van der Waals surface area contributed by atoms with Crippen molar-refractivity contribution in [2.24, 2.45) is 0 Å². The summed E-state index contributed by atoms with van der Waals surface area (Å²) in [6.45, 7) is 1.67. The lowest BCUT2D eigenvalue weighted by molar-refractivity contribution is 0.431. The van der Waals surface area contributed by atoms with Gasteiger partial charge >= 0.3 is 0 Å². The summed E-state index contributed by atoms with van der Waals surface area (Å²) in [4.78, 5) is -1.12.